The third kappa shape index (κ3) is 6.89. The highest BCUT2D eigenvalue weighted by Gasteiger charge is 2.20. The molecule has 0 saturated carbocycles. The van der Waals surface area contributed by atoms with Crippen LogP contribution in [-0.4, -0.2) is 41.9 Å². The highest BCUT2D eigenvalue weighted by molar-refractivity contribution is 7.89. The first kappa shape index (κ1) is 25.9. The number of carbonyl (C=O) groups excluding carboxylic acids is 1. The van der Waals surface area contributed by atoms with E-state index in [0.717, 1.165) is 21.9 Å². The third-order valence-electron chi connectivity index (χ3n) is 5.31. The molecule has 3 rings (SSSR count). The Labute approximate surface area is 203 Å². The standard InChI is InChI=1S/C24H28N4O6S/c1-16-5-7-18(8-6-16)14-27-22(25-20-11-9-19(10-12-20)15-35(4,32)33)26-23(30)28(24(27)31)13-17(2)21(29)34-3/h5-12,17H,13-15H2,1-4H3,(H,25,26,30)/t17-/m0/s1. The number of esters is 1. The maximum Gasteiger partial charge on any atom is 0.354 e. The predicted octanol–water partition coefficient (Wildman–Crippen LogP) is 1.86. The summed E-state index contributed by atoms with van der Waals surface area (Å²) in [5.74, 6) is -1.34. The predicted molar refractivity (Wildman–Crippen MR) is 132 cm³/mol. The summed E-state index contributed by atoms with van der Waals surface area (Å²) in [6, 6.07) is 14.2. The van der Waals surface area contributed by atoms with Crippen LogP contribution in [0.15, 0.2) is 58.1 Å². The lowest BCUT2D eigenvalue weighted by Crippen LogP contribution is -2.44. The lowest BCUT2D eigenvalue weighted by atomic mass is 10.1. The van der Waals surface area contributed by atoms with Gasteiger partial charge in [0, 0.05) is 18.5 Å². The highest BCUT2D eigenvalue weighted by atomic mass is 32.2. The number of nitrogens with one attached hydrogen (secondary N) is 1. The Balaban J connectivity index is 2.02. The minimum atomic E-state index is -3.18. The molecule has 11 heteroatoms. The number of hydrogen-bond donors (Lipinski definition) is 1. The second-order valence-corrected chi connectivity index (χ2v) is 10.6. The van der Waals surface area contributed by atoms with Crippen LogP contribution in [0.5, 0.6) is 0 Å². The summed E-state index contributed by atoms with van der Waals surface area (Å²) in [6.45, 7) is 3.47. The number of benzene rings is 2. The molecule has 1 atom stereocenters. The zero-order chi connectivity index (χ0) is 25.8. The first-order chi connectivity index (χ1) is 16.5. The molecule has 0 bridgehead atoms. The summed E-state index contributed by atoms with van der Waals surface area (Å²) in [6.07, 6.45) is 1.16. The number of aromatic nitrogens is 3. The molecule has 1 heterocycles. The van der Waals surface area contributed by atoms with Gasteiger partial charge in [0.25, 0.3) is 0 Å². The molecule has 0 aliphatic heterocycles. The van der Waals surface area contributed by atoms with Gasteiger partial charge >= 0.3 is 17.3 Å². The summed E-state index contributed by atoms with van der Waals surface area (Å²) < 4.78 is 30.0. The molecule has 0 spiro atoms. The van der Waals surface area contributed by atoms with Gasteiger partial charge in [-0.05, 0) is 30.2 Å². The Morgan fingerprint density at radius 1 is 1.03 bits per heavy atom. The molecule has 0 aliphatic carbocycles. The van der Waals surface area contributed by atoms with Crippen LogP contribution in [0.4, 0.5) is 11.6 Å². The van der Waals surface area contributed by atoms with Gasteiger partial charge in [0.2, 0.25) is 5.95 Å². The molecule has 0 saturated heterocycles. The van der Waals surface area contributed by atoms with Crippen LogP contribution < -0.4 is 16.7 Å². The first-order valence-corrected chi connectivity index (χ1v) is 12.9. The zero-order valence-corrected chi connectivity index (χ0v) is 20.8. The lowest BCUT2D eigenvalue weighted by Gasteiger charge is -2.17. The summed E-state index contributed by atoms with van der Waals surface area (Å²) >= 11 is 0. The Hall–Kier alpha value is -3.73. The summed E-state index contributed by atoms with van der Waals surface area (Å²) in [5, 5.41) is 2.99. The number of methoxy groups -OCH3 is 1. The van der Waals surface area contributed by atoms with Crippen molar-refractivity contribution in [3.63, 3.8) is 0 Å². The van der Waals surface area contributed by atoms with Gasteiger partial charge in [-0.2, -0.15) is 4.98 Å². The van der Waals surface area contributed by atoms with Gasteiger partial charge in [0.15, 0.2) is 9.84 Å². The molecule has 1 N–H and O–H groups in total. The molecule has 0 aliphatic rings. The molecule has 0 radical (unpaired) electrons. The van der Waals surface area contributed by atoms with Crippen molar-refractivity contribution in [3.8, 4) is 0 Å². The average Bonchev–Trinajstić information content (AvgIpc) is 2.80. The van der Waals surface area contributed by atoms with E-state index in [4.69, 9.17) is 4.74 Å². The Kier molecular flexibility index (Phi) is 7.90. The largest absolute Gasteiger partial charge is 0.469 e. The van der Waals surface area contributed by atoms with Crippen molar-refractivity contribution < 1.29 is 17.9 Å². The molecule has 0 amide bonds. The van der Waals surface area contributed by atoms with E-state index >= 15 is 0 Å². The van der Waals surface area contributed by atoms with Gasteiger partial charge in [-0.1, -0.05) is 48.9 Å². The third-order valence-corrected chi connectivity index (χ3v) is 6.17. The molecule has 3 aromatic rings. The van der Waals surface area contributed by atoms with Crippen molar-refractivity contribution in [1.29, 1.82) is 0 Å². The minimum Gasteiger partial charge on any atom is -0.469 e. The molecule has 0 fully saturated rings. The van der Waals surface area contributed by atoms with E-state index in [2.05, 4.69) is 10.3 Å². The summed E-state index contributed by atoms with van der Waals surface area (Å²) in [7, 11) is -1.94. The van der Waals surface area contributed by atoms with E-state index in [1.165, 1.54) is 11.7 Å². The van der Waals surface area contributed by atoms with Gasteiger partial charge in [-0.15, -0.1) is 0 Å². The van der Waals surface area contributed by atoms with E-state index in [1.807, 2.05) is 31.2 Å². The van der Waals surface area contributed by atoms with Crippen LogP contribution in [0.25, 0.3) is 0 Å². The fraction of sp³-hybridized carbons (Fsp3) is 0.333. The summed E-state index contributed by atoms with van der Waals surface area (Å²) in [5.41, 5.74) is 1.57. The molecular formula is C24H28N4O6S. The van der Waals surface area contributed by atoms with E-state index in [1.54, 1.807) is 31.2 Å². The van der Waals surface area contributed by atoms with Crippen LogP contribution in [0, 0.1) is 12.8 Å². The molecule has 10 nitrogen and oxygen atoms in total. The maximum atomic E-state index is 13.4. The van der Waals surface area contributed by atoms with E-state index < -0.39 is 33.1 Å². The van der Waals surface area contributed by atoms with Crippen LogP contribution in [0.3, 0.4) is 0 Å². The number of aryl methyl sites for hydroxylation is 1. The van der Waals surface area contributed by atoms with Crippen molar-refractivity contribution in [1.82, 2.24) is 14.1 Å². The van der Waals surface area contributed by atoms with Crippen LogP contribution in [0.2, 0.25) is 0 Å². The Morgan fingerprint density at radius 3 is 2.20 bits per heavy atom. The highest BCUT2D eigenvalue weighted by Crippen LogP contribution is 2.16. The van der Waals surface area contributed by atoms with Crippen LogP contribution in [-0.2, 0) is 38.2 Å². The molecule has 0 unspecified atom stereocenters. The fourth-order valence-corrected chi connectivity index (χ4v) is 4.26. The summed E-state index contributed by atoms with van der Waals surface area (Å²) in [4.78, 5) is 42.0. The molecule has 35 heavy (non-hydrogen) atoms. The number of ether oxygens (including phenoxy) is 1. The van der Waals surface area contributed by atoms with Crippen LogP contribution >= 0.6 is 0 Å². The first-order valence-electron chi connectivity index (χ1n) is 10.9. The van der Waals surface area contributed by atoms with Gasteiger partial charge in [-0.25, -0.2) is 22.6 Å². The minimum absolute atomic E-state index is 0.0263. The van der Waals surface area contributed by atoms with Gasteiger partial charge in [0.1, 0.15) is 0 Å². The van der Waals surface area contributed by atoms with Crippen molar-refractivity contribution in [2.45, 2.75) is 32.7 Å². The van der Waals surface area contributed by atoms with Crippen molar-refractivity contribution >= 4 is 27.4 Å². The Bertz CT molecular complexity index is 1420. The number of hydrogen-bond acceptors (Lipinski definition) is 8. The monoisotopic (exact) mass is 500 g/mol. The molecular weight excluding hydrogens is 472 g/mol. The topological polar surface area (TPSA) is 129 Å². The van der Waals surface area contributed by atoms with Gasteiger partial charge in [-0.3, -0.25) is 9.36 Å². The van der Waals surface area contributed by atoms with Crippen molar-refractivity contribution in [2.75, 3.05) is 18.7 Å². The SMILES string of the molecule is COC(=O)[C@@H](C)Cn1c(=O)nc(Nc2ccc(CS(C)(=O)=O)cc2)n(Cc2ccc(C)cc2)c1=O. The number of sulfone groups is 1. The second kappa shape index (κ2) is 10.7. The van der Waals surface area contributed by atoms with Crippen molar-refractivity contribution in [2.24, 2.45) is 5.92 Å². The molecule has 1 aromatic heterocycles. The normalized spacial score (nSPS) is 12.2. The molecule has 186 valence electrons. The van der Waals surface area contributed by atoms with Crippen LogP contribution in [0.1, 0.15) is 23.6 Å². The van der Waals surface area contributed by atoms with Gasteiger partial charge in [0.05, 0.1) is 25.3 Å². The van der Waals surface area contributed by atoms with E-state index in [-0.39, 0.29) is 24.8 Å². The average molecular weight is 501 g/mol. The molecule has 2 aromatic carbocycles. The van der Waals surface area contributed by atoms with E-state index in [9.17, 15) is 22.8 Å². The van der Waals surface area contributed by atoms with E-state index in [0.29, 0.717) is 11.3 Å². The quantitative estimate of drug-likeness (QED) is 0.441. The number of anilines is 2. The van der Waals surface area contributed by atoms with Crippen molar-refractivity contribution in [3.05, 3.63) is 86.2 Å². The van der Waals surface area contributed by atoms with Gasteiger partial charge < -0.3 is 10.1 Å². The number of rotatable bonds is 9. The lowest BCUT2D eigenvalue weighted by molar-refractivity contribution is -0.145. The fourth-order valence-electron chi connectivity index (χ4n) is 3.47. The second-order valence-electron chi connectivity index (χ2n) is 8.50. The maximum absolute atomic E-state index is 13.4. The number of carbonyl (C=O) groups is 1. The zero-order valence-electron chi connectivity index (χ0n) is 20.0. The smallest absolute Gasteiger partial charge is 0.354 e. The number of nitrogens with zero attached hydrogens (tertiary/aromatic N) is 3. The Morgan fingerprint density at radius 2 is 1.63 bits per heavy atom.